The lowest BCUT2D eigenvalue weighted by atomic mass is 9.68. The van der Waals surface area contributed by atoms with Crippen LogP contribution in [0.25, 0.3) is 0 Å². The molecule has 1 fully saturated rings. The molecule has 0 bridgehead atoms. The van der Waals surface area contributed by atoms with Crippen molar-refractivity contribution in [2.24, 2.45) is 28.5 Å². The molecule has 0 aromatic rings. The summed E-state index contributed by atoms with van der Waals surface area (Å²) < 4.78 is 5.67. The Labute approximate surface area is 207 Å². The third-order valence-corrected chi connectivity index (χ3v) is 6.91. The monoisotopic (exact) mass is 461 g/mol. The summed E-state index contributed by atoms with van der Waals surface area (Å²) in [4.78, 5) is 4.59. The van der Waals surface area contributed by atoms with Crippen LogP contribution in [0.15, 0.2) is 102 Å². The number of aliphatic imine (C=N–C) groups is 1. The molecule has 0 aromatic carbocycles. The zero-order valence-corrected chi connectivity index (χ0v) is 21.5. The van der Waals surface area contributed by atoms with Crippen LogP contribution in [0.3, 0.4) is 0 Å². The van der Waals surface area contributed by atoms with Gasteiger partial charge in [-0.3, -0.25) is 4.99 Å². The van der Waals surface area contributed by atoms with Crippen LogP contribution in [0.2, 0.25) is 0 Å². The molecule has 184 valence electrons. The standard InChI is InChI=1S/C30H43N3O/c1-7-11-16-24(22-33-26(9-3)29-23(5)15-12-19-28(29)34-6)27(32-10-4)18-13-17-25(8-2)30(31)20-14-21-30/h7-13,15,18-19,22-23,25,29,33H,2,4,14,16-17,20-21,31H2,1,3,5-6H3/b11-7-,18-13+,24-22-,26-9-,32-27?. The molecule has 0 radical (unpaired) electrons. The molecule has 4 heteroatoms. The van der Waals surface area contributed by atoms with E-state index in [0.717, 1.165) is 48.4 Å². The van der Waals surface area contributed by atoms with Crippen LogP contribution in [0.1, 0.15) is 52.9 Å². The van der Waals surface area contributed by atoms with Crippen molar-refractivity contribution < 1.29 is 4.74 Å². The fraction of sp³-hybridized carbons (Fsp3) is 0.433. The van der Waals surface area contributed by atoms with Crippen molar-refractivity contribution in [3.63, 3.8) is 0 Å². The van der Waals surface area contributed by atoms with Crippen molar-refractivity contribution in [2.75, 3.05) is 7.11 Å². The summed E-state index contributed by atoms with van der Waals surface area (Å²) in [6, 6.07) is 0. The molecule has 2 aliphatic rings. The maximum atomic E-state index is 6.55. The highest BCUT2D eigenvalue weighted by atomic mass is 16.5. The number of hydrogen-bond acceptors (Lipinski definition) is 4. The normalized spacial score (nSPS) is 24.0. The van der Waals surface area contributed by atoms with E-state index in [1.54, 1.807) is 13.3 Å². The van der Waals surface area contributed by atoms with Gasteiger partial charge in [0.05, 0.1) is 18.7 Å². The quantitative estimate of drug-likeness (QED) is 0.232. The van der Waals surface area contributed by atoms with E-state index >= 15 is 0 Å². The minimum Gasteiger partial charge on any atom is -0.500 e. The number of nitrogens with two attached hydrogens (primary N) is 1. The van der Waals surface area contributed by atoms with E-state index in [-0.39, 0.29) is 17.4 Å². The molecule has 0 aliphatic heterocycles. The number of hydrogen-bond donors (Lipinski definition) is 2. The van der Waals surface area contributed by atoms with Crippen LogP contribution < -0.4 is 11.1 Å². The largest absolute Gasteiger partial charge is 0.500 e. The van der Waals surface area contributed by atoms with Crippen LogP contribution in [0.5, 0.6) is 0 Å². The summed E-state index contributed by atoms with van der Waals surface area (Å²) in [7, 11) is 1.73. The Hall–Kier alpha value is -2.85. The van der Waals surface area contributed by atoms with Gasteiger partial charge in [0, 0.05) is 23.6 Å². The molecule has 1 saturated carbocycles. The molecule has 0 heterocycles. The van der Waals surface area contributed by atoms with Gasteiger partial charge in [0.2, 0.25) is 0 Å². The molecule has 3 atom stereocenters. The molecule has 2 aliphatic carbocycles. The van der Waals surface area contributed by atoms with E-state index in [1.807, 2.05) is 19.1 Å². The van der Waals surface area contributed by atoms with Gasteiger partial charge in [-0.15, -0.1) is 6.58 Å². The molecule has 34 heavy (non-hydrogen) atoms. The fourth-order valence-electron chi connectivity index (χ4n) is 4.62. The number of nitrogens with zero attached hydrogens (tertiary/aromatic N) is 1. The second kappa shape index (κ2) is 13.8. The summed E-state index contributed by atoms with van der Waals surface area (Å²) in [6.07, 6.45) is 27.5. The molecule has 0 spiro atoms. The number of nitrogens with one attached hydrogen (secondary N) is 1. The Kier molecular flexibility index (Phi) is 11.1. The van der Waals surface area contributed by atoms with Crippen LogP contribution in [0, 0.1) is 17.8 Å². The van der Waals surface area contributed by atoms with E-state index < -0.39 is 0 Å². The van der Waals surface area contributed by atoms with Gasteiger partial charge in [-0.1, -0.05) is 56.0 Å². The van der Waals surface area contributed by atoms with Crippen LogP contribution >= 0.6 is 0 Å². The Morgan fingerprint density at radius 1 is 1.32 bits per heavy atom. The van der Waals surface area contributed by atoms with Crippen LogP contribution in [-0.4, -0.2) is 18.4 Å². The third kappa shape index (κ3) is 7.07. The van der Waals surface area contributed by atoms with E-state index in [1.165, 1.54) is 6.42 Å². The van der Waals surface area contributed by atoms with Gasteiger partial charge in [-0.05, 0) is 75.5 Å². The highest BCUT2D eigenvalue weighted by Gasteiger charge is 2.38. The molecule has 2 rings (SSSR count). The Morgan fingerprint density at radius 2 is 2.09 bits per heavy atom. The van der Waals surface area contributed by atoms with E-state index in [9.17, 15) is 0 Å². The number of allylic oxidation sites excluding steroid dienone is 9. The summed E-state index contributed by atoms with van der Waals surface area (Å²) in [5.41, 5.74) is 9.52. The summed E-state index contributed by atoms with van der Waals surface area (Å²) in [5.74, 6) is 1.71. The van der Waals surface area contributed by atoms with Crippen molar-refractivity contribution >= 4 is 5.71 Å². The molecule has 3 unspecified atom stereocenters. The predicted molar refractivity (Wildman–Crippen MR) is 147 cm³/mol. The maximum Gasteiger partial charge on any atom is 0.105 e. The molecule has 0 aromatic heterocycles. The molecule has 3 N–H and O–H groups in total. The van der Waals surface area contributed by atoms with Crippen LogP contribution in [0.4, 0.5) is 0 Å². The Bertz CT molecular complexity index is 909. The first-order valence-corrected chi connectivity index (χ1v) is 12.4. The summed E-state index contributed by atoms with van der Waals surface area (Å²) in [5, 5.41) is 3.56. The molecular formula is C30H43N3O. The average molecular weight is 462 g/mol. The average Bonchev–Trinajstić information content (AvgIpc) is 2.82. The maximum absolute atomic E-state index is 6.55. The predicted octanol–water partition coefficient (Wildman–Crippen LogP) is 6.90. The van der Waals surface area contributed by atoms with Crippen LogP contribution in [-0.2, 0) is 4.74 Å². The second-order valence-electron chi connectivity index (χ2n) is 9.09. The van der Waals surface area contributed by atoms with Gasteiger partial charge < -0.3 is 15.8 Å². The van der Waals surface area contributed by atoms with Crippen molar-refractivity contribution in [3.05, 3.63) is 97.3 Å². The lowest BCUT2D eigenvalue weighted by molar-refractivity contribution is 0.184. The topological polar surface area (TPSA) is 59.6 Å². The summed E-state index contributed by atoms with van der Waals surface area (Å²) >= 11 is 0. The lowest BCUT2D eigenvalue weighted by Crippen LogP contribution is -2.52. The Morgan fingerprint density at radius 3 is 2.65 bits per heavy atom. The first kappa shape index (κ1) is 27.4. The Balaban J connectivity index is 2.25. The summed E-state index contributed by atoms with van der Waals surface area (Å²) in [6.45, 7) is 14.1. The van der Waals surface area contributed by atoms with Crippen molar-refractivity contribution in [1.29, 1.82) is 0 Å². The van der Waals surface area contributed by atoms with Gasteiger partial charge in [-0.25, -0.2) is 0 Å². The number of ether oxygens (including phenoxy) is 1. The van der Waals surface area contributed by atoms with Crippen molar-refractivity contribution in [2.45, 2.75) is 58.4 Å². The fourth-order valence-corrected chi connectivity index (χ4v) is 4.62. The smallest absolute Gasteiger partial charge is 0.105 e. The van der Waals surface area contributed by atoms with Gasteiger partial charge in [-0.2, -0.15) is 0 Å². The second-order valence-corrected chi connectivity index (χ2v) is 9.09. The molecular weight excluding hydrogens is 418 g/mol. The third-order valence-electron chi connectivity index (χ3n) is 6.91. The van der Waals surface area contributed by atoms with Gasteiger partial charge in [0.1, 0.15) is 5.76 Å². The van der Waals surface area contributed by atoms with E-state index in [0.29, 0.717) is 5.92 Å². The SMILES string of the molecule is C=CN=C(/C=C/CC(C=C)C1(N)CCC1)/C(=C\N/C(=C\C)C1C(OC)=CC=CC1C)C/C=C\C. The minimum atomic E-state index is -0.106. The van der Waals surface area contributed by atoms with E-state index in [2.05, 4.69) is 86.0 Å². The lowest BCUT2D eigenvalue weighted by Gasteiger charge is -2.43. The zero-order chi connectivity index (χ0) is 25.0. The first-order valence-electron chi connectivity index (χ1n) is 12.4. The first-order chi connectivity index (χ1) is 16.4. The van der Waals surface area contributed by atoms with Gasteiger partial charge >= 0.3 is 0 Å². The van der Waals surface area contributed by atoms with E-state index in [4.69, 9.17) is 10.5 Å². The van der Waals surface area contributed by atoms with Gasteiger partial charge in [0.15, 0.2) is 0 Å². The number of rotatable bonds is 13. The highest BCUT2D eigenvalue weighted by molar-refractivity contribution is 6.08. The van der Waals surface area contributed by atoms with Crippen molar-refractivity contribution in [3.8, 4) is 0 Å². The molecule has 0 saturated heterocycles. The van der Waals surface area contributed by atoms with Gasteiger partial charge in [0.25, 0.3) is 0 Å². The zero-order valence-electron chi connectivity index (χ0n) is 21.5. The molecule has 0 amide bonds. The minimum absolute atomic E-state index is 0.106. The van der Waals surface area contributed by atoms with Crippen molar-refractivity contribution in [1.82, 2.24) is 5.32 Å². The number of methoxy groups -OCH3 is 1. The highest BCUT2D eigenvalue weighted by Crippen LogP contribution is 2.38. The molecule has 4 nitrogen and oxygen atoms in total.